The molecule has 152 valence electrons. The summed E-state index contributed by atoms with van der Waals surface area (Å²) in [5, 5.41) is -0.445. The molecule has 1 amide bonds. The first kappa shape index (κ1) is 20.6. The second kappa shape index (κ2) is 7.70. The zero-order valence-corrected chi connectivity index (χ0v) is 15.2. The molecule has 0 spiro atoms. The molecule has 0 radical (unpaired) electrons. The van der Waals surface area contributed by atoms with Crippen LogP contribution in [-0.2, 0) is 6.18 Å². The van der Waals surface area contributed by atoms with E-state index in [1.807, 2.05) is 0 Å². The minimum Gasteiger partial charge on any atom is -0.369 e. The molecule has 1 aliphatic heterocycles. The summed E-state index contributed by atoms with van der Waals surface area (Å²) in [6.45, 7) is -0.0820. The summed E-state index contributed by atoms with van der Waals surface area (Å²) in [6.07, 6.45) is -1.88. The first-order valence-corrected chi connectivity index (χ1v) is 8.36. The van der Waals surface area contributed by atoms with Crippen molar-refractivity contribution in [3.05, 3.63) is 76.6 Å². The molecule has 0 bridgehead atoms. The van der Waals surface area contributed by atoms with E-state index in [2.05, 4.69) is 4.99 Å². The summed E-state index contributed by atoms with van der Waals surface area (Å²) in [5.74, 6) is -3.80. The summed E-state index contributed by atoms with van der Waals surface area (Å²) in [7, 11) is 0. The molecule has 2 aromatic rings. The van der Waals surface area contributed by atoms with Crippen molar-refractivity contribution in [3.8, 4) is 0 Å². The van der Waals surface area contributed by atoms with Crippen molar-refractivity contribution in [1.82, 2.24) is 4.90 Å². The molecule has 0 saturated carbocycles. The van der Waals surface area contributed by atoms with Crippen molar-refractivity contribution in [3.63, 3.8) is 0 Å². The first-order valence-electron chi connectivity index (χ1n) is 7.99. The fraction of sp³-hybridized carbons (Fsp3) is 0.111. The maximum absolute atomic E-state index is 13.7. The van der Waals surface area contributed by atoms with Crippen molar-refractivity contribution < 1.29 is 26.7 Å². The van der Waals surface area contributed by atoms with Crippen LogP contribution in [0.4, 0.5) is 27.6 Å². The third-order valence-corrected chi connectivity index (χ3v) is 4.33. The lowest BCUT2D eigenvalue weighted by Crippen LogP contribution is -2.36. The van der Waals surface area contributed by atoms with E-state index in [0.717, 1.165) is 30.3 Å². The number of hydrogen-bond donors (Lipinski definition) is 1. The van der Waals surface area contributed by atoms with Crippen LogP contribution in [-0.4, -0.2) is 23.4 Å². The lowest BCUT2D eigenvalue weighted by Gasteiger charge is -2.21. The molecule has 3 rings (SSSR count). The number of carbonyl (C=O) groups excluding carboxylic acids is 1. The monoisotopic (exact) mass is 430 g/mol. The van der Waals surface area contributed by atoms with Crippen molar-refractivity contribution in [2.75, 3.05) is 11.6 Å². The molecule has 2 N–H and O–H groups in total. The molecule has 0 unspecified atom stereocenters. The number of amides is 1. The molecule has 0 aromatic heterocycles. The lowest BCUT2D eigenvalue weighted by atomic mass is 10.2. The van der Waals surface area contributed by atoms with Crippen molar-refractivity contribution in [2.24, 2.45) is 10.7 Å². The minimum atomic E-state index is -4.63. The van der Waals surface area contributed by atoms with Crippen LogP contribution in [0.25, 0.3) is 0 Å². The standard InChI is InChI=1S/C18H12ClF5N4O/c19-12-5-4-10(8-11(12)18(22,23)24)27-6-7-28(9-27)17(25)26-16(29)15-13(20)2-1-3-14(15)21/h1-8H,9H2,(H2,25,26,29). The molecule has 29 heavy (non-hydrogen) atoms. The minimum absolute atomic E-state index is 0.0820. The molecule has 11 heteroatoms. The number of guanidine groups is 1. The van der Waals surface area contributed by atoms with Gasteiger partial charge in [0.15, 0.2) is 0 Å². The number of aliphatic imine (C=N–C) groups is 1. The van der Waals surface area contributed by atoms with Gasteiger partial charge in [-0.3, -0.25) is 9.69 Å². The molecule has 0 atom stereocenters. The van der Waals surface area contributed by atoms with Gasteiger partial charge >= 0.3 is 6.18 Å². The van der Waals surface area contributed by atoms with Crippen LogP contribution >= 0.6 is 11.6 Å². The lowest BCUT2D eigenvalue weighted by molar-refractivity contribution is -0.137. The molecule has 0 fully saturated rings. The molecule has 1 aliphatic rings. The average molecular weight is 431 g/mol. The van der Waals surface area contributed by atoms with Gasteiger partial charge in [0.05, 0.1) is 10.6 Å². The highest BCUT2D eigenvalue weighted by Crippen LogP contribution is 2.37. The fourth-order valence-corrected chi connectivity index (χ4v) is 2.80. The van der Waals surface area contributed by atoms with E-state index in [9.17, 15) is 26.7 Å². The van der Waals surface area contributed by atoms with Crippen LogP contribution in [0.1, 0.15) is 15.9 Å². The number of hydrogen-bond acceptors (Lipinski definition) is 2. The normalized spacial score (nSPS) is 14.6. The van der Waals surface area contributed by atoms with Crippen LogP contribution in [0.2, 0.25) is 5.02 Å². The Labute approximate surface area is 166 Å². The van der Waals surface area contributed by atoms with E-state index >= 15 is 0 Å². The molecular formula is C18H12ClF5N4O. The Morgan fingerprint density at radius 1 is 1.10 bits per heavy atom. The van der Waals surface area contributed by atoms with Gasteiger partial charge in [-0.1, -0.05) is 17.7 Å². The Kier molecular flexibility index (Phi) is 5.47. The van der Waals surface area contributed by atoms with Crippen LogP contribution in [0, 0.1) is 11.6 Å². The quantitative estimate of drug-likeness (QED) is 0.437. The van der Waals surface area contributed by atoms with Gasteiger partial charge in [-0.15, -0.1) is 0 Å². The van der Waals surface area contributed by atoms with Crippen LogP contribution in [0.3, 0.4) is 0 Å². The van der Waals surface area contributed by atoms with Crippen molar-refractivity contribution in [2.45, 2.75) is 6.18 Å². The molecule has 0 aliphatic carbocycles. The summed E-state index contributed by atoms with van der Waals surface area (Å²) in [5.41, 5.74) is 4.02. The van der Waals surface area contributed by atoms with Crippen LogP contribution in [0.15, 0.2) is 53.8 Å². The number of halogens is 6. The summed E-state index contributed by atoms with van der Waals surface area (Å²) >= 11 is 5.60. The van der Waals surface area contributed by atoms with Crippen LogP contribution < -0.4 is 10.6 Å². The van der Waals surface area contributed by atoms with Gasteiger partial charge < -0.3 is 10.6 Å². The third kappa shape index (κ3) is 4.32. The van der Waals surface area contributed by atoms with Crippen LogP contribution in [0.5, 0.6) is 0 Å². The van der Waals surface area contributed by atoms with E-state index in [0.29, 0.717) is 0 Å². The number of alkyl halides is 3. The Morgan fingerprint density at radius 2 is 1.76 bits per heavy atom. The summed E-state index contributed by atoms with van der Waals surface area (Å²) in [6, 6.07) is 6.24. The Hall–Kier alpha value is -3.14. The van der Waals surface area contributed by atoms with E-state index < -0.39 is 39.9 Å². The number of rotatable bonds is 2. The van der Waals surface area contributed by atoms with Crippen molar-refractivity contribution in [1.29, 1.82) is 0 Å². The van der Waals surface area contributed by atoms with Gasteiger partial charge in [0.25, 0.3) is 5.91 Å². The molecule has 0 saturated heterocycles. The average Bonchev–Trinajstić information content (AvgIpc) is 3.11. The highest BCUT2D eigenvalue weighted by molar-refractivity contribution is 6.31. The smallest absolute Gasteiger partial charge is 0.369 e. The second-order valence-electron chi connectivity index (χ2n) is 5.91. The zero-order valence-electron chi connectivity index (χ0n) is 14.4. The van der Waals surface area contributed by atoms with E-state index in [4.69, 9.17) is 17.3 Å². The number of nitrogens with two attached hydrogens (primary N) is 1. The molecular weight excluding hydrogens is 419 g/mol. The van der Waals surface area contributed by atoms with Gasteiger partial charge in [0, 0.05) is 18.1 Å². The largest absolute Gasteiger partial charge is 0.417 e. The number of carbonyl (C=O) groups is 1. The molecule has 1 heterocycles. The maximum atomic E-state index is 13.7. The fourth-order valence-electron chi connectivity index (χ4n) is 2.57. The zero-order chi connectivity index (χ0) is 21.3. The maximum Gasteiger partial charge on any atom is 0.417 e. The summed E-state index contributed by atoms with van der Waals surface area (Å²) in [4.78, 5) is 18.1. The van der Waals surface area contributed by atoms with E-state index in [-0.39, 0.29) is 18.3 Å². The van der Waals surface area contributed by atoms with E-state index in [1.165, 1.54) is 28.3 Å². The Balaban J connectivity index is 1.78. The summed E-state index contributed by atoms with van der Waals surface area (Å²) < 4.78 is 66.4. The topological polar surface area (TPSA) is 61.9 Å². The molecule has 2 aromatic carbocycles. The van der Waals surface area contributed by atoms with Gasteiger partial charge in [0.1, 0.15) is 23.9 Å². The Bertz CT molecular complexity index is 1000. The first-order chi connectivity index (χ1) is 13.6. The predicted molar refractivity (Wildman–Crippen MR) is 97.1 cm³/mol. The van der Waals surface area contributed by atoms with Gasteiger partial charge in [-0.2, -0.15) is 18.2 Å². The number of benzene rings is 2. The van der Waals surface area contributed by atoms with Gasteiger partial charge in [-0.25, -0.2) is 8.78 Å². The van der Waals surface area contributed by atoms with Gasteiger partial charge in [0.2, 0.25) is 5.96 Å². The number of nitrogens with zero attached hydrogens (tertiary/aromatic N) is 3. The number of anilines is 1. The molecule has 5 nitrogen and oxygen atoms in total. The van der Waals surface area contributed by atoms with Crippen molar-refractivity contribution >= 4 is 29.2 Å². The second-order valence-corrected chi connectivity index (χ2v) is 6.32. The van der Waals surface area contributed by atoms with Gasteiger partial charge in [-0.05, 0) is 30.3 Å². The van der Waals surface area contributed by atoms with E-state index in [1.54, 1.807) is 0 Å². The highest BCUT2D eigenvalue weighted by atomic mass is 35.5. The predicted octanol–water partition coefficient (Wildman–Crippen LogP) is 4.34. The third-order valence-electron chi connectivity index (χ3n) is 4.01. The SMILES string of the molecule is NC(=NC(=O)c1c(F)cccc1F)N1C=CN(c2ccc(Cl)c(C(F)(F)F)c2)C1. The highest BCUT2D eigenvalue weighted by Gasteiger charge is 2.34. The Morgan fingerprint density at radius 3 is 2.38 bits per heavy atom.